The van der Waals surface area contributed by atoms with Gasteiger partial charge in [0.25, 0.3) is 0 Å². The first-order valence-corrected chi connectivity index (χ1v) is 6.64. The summed E-state index contributed by atoms with van der Waals surface area (Å²) >= 11 is 0. The normalized spacial score (nSPS) is 12.3. The fraction of sp³-hybridized carbons (Fsp3) is 0.312. The maximum atomic E-state index is 9.83. The molecule has 19 heavy (non-hydrogen) atoms. The molecular formula is C16H22N2O. The van der Waals surface area contributed by atoms with Crippen molar-refractivity contribution < 1.29 is 5.11 Å². The lowest BCUT2D eigenvalue weighted by Crippen LogP contribution is -2.20. The number of H-pyrrole nitrogens is 1. The predicted octanol–water partition coefficient (Wildman–Crippen LogP) is 2.72. The van der Waals surface area contributed by atoms with Crippen LogP contribution < -0.4 is 10.6 Å². The number of aryl methyl sites for hydroxylation is 1. The van der Waals surface area contributed by atoms with Crippen LogP contribution in [0.15, 0.2) is 18.2 Å². The number of aromatic amines is 1. The average molecular weight is 258 g/mol. The van der Waals surface area contributed by atoms with E-state index in [0.717, 1.165) is 22.0 Å². The second-order valence-electron chi connectivity index (χ2n) is 3.95. The van der Waals surface area contributed by atoms with E-state index in [9.17, 15) is 5.11 Å². The molecule has 0 amide bonds. The highest BCUT2D eigenvalue weighted by Gasteiger charge is 2.07. The van der Waals surface area contributed by atoms with E-state index in [1.807, 2.05) is 52.8 Å². The number of aromatic nitrogens is 2. The molecule has 0 unspecified atom stereocenters. The highest BCUT2D eigenvalue weighted by molar-refractivity contribution is 5.63. The van der Waals surface area contributed by atoms with Gasteiger partial charge in [0, 0.05) is 11.0 Å². The van der Waals surface area contributed by atoms with Gasteiger partial charge < -0.3 is 10.1 Å². The molecule has 0 saturated heterocycles. The van der Waals surface area contributed by atoms with E-state index < -0.39 is 0 Å². The van der Waals surface area contributed by atoms with E-state index in [-0.39, 0.29) is 5.75 Å². The molecule has 2 heterocycles. The van der Waals surface area contributed by atoms with Gasteiger partial charge in [-0.25, -0.2) is 4.98 Å². The van der Waals surface area contributed by atoms with Gasteiger partial charge in [0.05, 0.1) is 5.69 Å². The molecule has 0 spiro atoms. The van der Waals surface area contributed by atoms with Crippen LogP contribution in [-0.4, -0.2) is 15.1 Å². The monoisotopic (exact) mass is 258 g/mol. The molecular weight excluding hydrogens is 236 g/mol. The van der Waals surface area contributed by atoms with Crippen LogP contribution in [0.25, 0.3) is 23.5 Å². The molecule has 0 saturated carbocycles. The van der Waals surface area contributed by atoms with Crippen molar-refractivity contribution in [3.63, 3.8) is 0 Å². The third kappa shape index (κ3) is 3.25. The molecule has 0 aliphatic rings. The summed E-state index contributed by atoms with van der Waals surface area (Å²) in [4.78, 5) is 7.61. The third-order valence-electron chi connectivity index (χ3n) is 2.75. The summed E-state index contributed by atoms with van der Waals surface area (Å²) in [5.74, 6) is 0.196. The zero-order valence-corrected chi connectivity index (χ0v) is 12.3. The molecule has 2 aromatic rings. The summed E-state index contributed by atoms with van der Waals surface area (Å²) in [5, 5.41) is 12.0. The van der Waals surface area contributed by atoms with Gasteiger partial charge in [-0.05, 0) is 44.2 Å². The van der Waals surface area contributed by atoms with Crippen LogP contribution in [-0.2, 0) is 0 Å². The molecule has 0 aliphatic carbocycles. The summed E-state index contributed by atoms with van der Waals surface area (Å²) in [6.45, 7) is 9.88. The van der Waals surface area contributed by atoms with Crippen LogP contribution >= 0.6 is 0 Å². The number of nitrogens with zero attached hydrogens (tertiary/aromatic N) is 1. The van der Waals surface area contributed by atoms with Gasteiger partial charge in [-0.2, -0.15) is 0 Å². The van der Waals surface area contributed by atoms with Crippen molar-refractivity contribution in [3.8, 4) is 17.1 Å². The Morgan fingerprint density at radius 1 is 1.16 bits per heavy atom. The lowest BCUT2D eigenvalue weighted by atomic mass is 10.2. The summed E-state index contributed by atoms with van der Waals surface area (Å²) in [6, 6.07) is 5.46. The molecule has 0 atom stereocenters. The third-order valence-corrected chi connectivity index (χ3v) is 2.75. The van der Waals surface area contributed by atoms with Crippen molar-refractivity contribution in [2.24, 2.45) is 0 Å². The standard InChI is InChI=1S/C14H16N2O.C2H6/c1-4-10-8-12(16-11(10)5-2)14-13(17)7-6-9(3)15-14;1-2/h4-8,16-17H,1-3H3;1-2H3/b10-4-,11-5+;. The highest BCUT2D eigenvalue weighted by Crippen LogP contribution is 2.23. The number of aromatic hydroxyl groups is 1. The quantitative estimate of drug-likeness (QED) is 0.826. The van der Waals surface area contributed by atoms with Crippen molar-refractivity contribution >= 4 is 12.2 Å². The topological polar surface area (TPSA) is 48.9 Å². The van der Waals surface area contributed by atoms with E-state index in [1.165, 1.54) is 0 Å². The molecule has 0 radical (unpaired) electrons. The molecule has 0 bridgehead atoms. The van der Waals surface area contributed by atoms with E-state index in [2.05, 4.69) is 9.97 Å². The van der Waals surface area contributed by atoms with Crippen molar-refractivity contribution in [1.82, 2.24) is 9.97 Å². The number of pyridine rings is 1. The fourth-order valence-corrected chi connectivity index (χ4v) is 1.84. The fourth-order valence-electron chi connectivity index (χ4n) is 1.84. The zero-order chi connectivity index (χ0) is 14.4. The molecule has 2 rings (SSSR count). The highest BCUT2D eigenvalue weighted by atomic mass is 16.3. The van der Waals surface area contributed by atoms with Crippen molar-refractivity contribution in [2.45, 2.75) is 34.6 Å². The minimum atomic E-state index is 0.196. The number of nitrogens with one attached hydrogen (secondary N) is 1. The Kier molecular flexibility index (Phi) is 5.37. The van der Waals surface area contributed by atoms with E-state index in [4.69, 9.17) is 0 Å². The van der Waals surface area contributed by atoms with Crippen molar-refractivity contribution in [1.29, 1.82) is 0 Å². The summed E-state index contributed by atoms with van der Waals surface area (Å²) in [5.41, 5.74) is 2.32. The van der Waals surface area contributed by atoms with Crippen LogP contribution in [0.2, 0.25) is 0 Å². The molecule has 2 N–H and O–H groups in total. The number of hydrogen-bond acceptors (Lipinski definition) is 2. The van der Waals surface area contributed by atoms with Gasteiger partial charge in [0.15, 0.2) is 0 Å². The minimum Gasteiger partial charge on any atom is -0.506 e. The summed E-state index contributed by atoms with van der Waals surface area (Å²) in [6.07, 6.45) is 4.04. The Balaban J connectivity index is 0.000000861. The summed E-state index contributed by atoms with van der Waals surface area (Å²) in [7, 11) is 0. The Hall–Kier alpha value is -2.03. The first-order chi connectivity index (χ1) is 9.15. The van der Waals surface area contributed by atoms with Crippen LogP contribution in [0, 0.1) is 6.92 Å². The summed E-state index contributed by atoms with van der Waals surface area (Å²) < 4.78 is 0. The second kappa shape index (κ2) is 6.78. The largest absolute Gasteiger partial charge is 0.506 e. The van der Waals surface area contributed by atoms with E-state index in [1.54, 1.807) is 12.1 Å². The van der Waals surface area contributed by atoms with Gasteiger partial charge >= 0.3 is 0 Å². The molecule has 0 aliphatic heterocycles. The Morgan fingerprint density at radius 3 is 2.37 bits per heavy atom. The Labute approximate surface area is 114 Å². The minimum absolute atomic E-state index is 0.196. The predicted molar refractivity (Wildman–Crippen MR) is 81.3 cm³/mol. The van der Waals surface area contributed by atoms with Crippen LogP contribution in [0.1, 0.15) is 33.4 Å². The molecule has 2 aromatic heterocycles. The number of hydrogen-bond donors (Lipinski definition) is 2. The van der Waals surface area contributed by atoms with Gasteiger partial charge in [0.1, 0.15) is 11.4 Å². The molecule has 0 aromatic carbocycles. The van der Waals surface area contributed by atoms with Crippen molar-refractivity contribution in [3.05, 3.63) is 34.5 Å². The van der Waals surface area contributed by atoms with Gasteiger partial charge in [-0.3, -0.25) is 0 Å². The van der Waals surface area contributed by atoms with Crippen LogP contribution in [0.5, 0.6) is 5.75 Å². The van der Waals surface area contributed by atoms with Crippen LogP contribution in [0.4, 0.5) is 0 Å². The Morgan fingerprint density at radius 2 is 1.84 bits per heavy atom. The SMILES string of the molecule is C/C=c1/cc(-c2nc(C)ccc2O)[nH]/c1=C/C.CC. The first kappa shape index (κ1) is 15.0. The smallest absolute Gasteiger partial charge is 0.143 e. The lowest BCUT2D eigenvalue weighted by molar-refractivity contribution is 0.474. The van der Waals surface area contributed by atoms with Crippen molar-refractivity contribution in [2.75, 3.05) is 0 Å². The van der Waals surface area contributed by atoms with Gasteiger partial charge in [-0.15, -0.1) is 0 Å². The molecule has 3 heteroatoms. The molecule has 3 nitrogen and oxygen atoms in total. The van der Waals surface area contributed by atoms with Gasteiger partial charge in [0.2, 0.25) is 0 Å². The lowest BCUT2D eigenvalue weighted by Gasteiger charge is -2.01. The maximum absolute atomic E-state index is 9.83. The van der Waals surface area contributed by atoms with E-state index in [0.29, 0.717) is 5.69 Å². The first-order valence-electron chi connectivity index (χ1n) is 6.64. The maximum Gasteiger partial charge on any atom is 0.143 e. The van der Waals surface area contributed by atoms with Gasteiger partial charge in [-0.1, -0.05) is 26.0 Å². The molecule has 102 valence electrons. The Bertz CT molecular complexity index is 622. The molecule has 0 fully saturated rings. The number of rotatable bonds is 1. The zero-order valence-electron chi connectivity index (χ0n) is 12.3. The second-order valence-corrected chi connectivity index (χ2v) is 3.95. The van der Waals surface area contributed by atoms with Crippen LogP contribution in [0.3, 0.4) is 0 Å². The average Bonchev–Trinajstić information content (AvgIpc) is 2.86. The van der Waals surface area contributed by atoms with E-state index >= 15 is 0 Å².